The van der Waals surface area contributed by atoms with E-state index < -0.39 is 0 Å². The fraction of sp³-hybridized carbons (Fsp3) is 0.357. The lowest BCUT2D eigenvalue weighted by Crippen LogP contribution is -2.09. The summed E-state index contributed by atoms with van der Waals surface area (Å²) in [6, 6.07) is 8.29. The van der Waals surface area contributed by atoms with Crippen LogP contribution >= 0.6 is 27.3 Å². The van der Waals surface area contributed by atoms with Gasteiger partial charge in [-0.15, -0.1) is 11.3 Å². The molecule has 0 saturated carbocycles. The minimum absolute atomic E-state index is 0.572. The van der Waals surface area contributed by atoms with Crippen molar-refractivity contribution < 1.29 is 4.74 Å². The quantitative estimate of drug-likeness (QED) is 0.750. The first-order valence-electron chi connectivity index (χ1n) is 5.89. The summed E-state index contributed by atoms with van der Waals surface area (Å²) in [5, 5.41) is 4.23. The molecule has 0 aliphatic carbocycles. The van der Waals surface area contributed by atoms with E-state index in [1.54, 1.807) is 18.4 Å². The Labute approximate surface area is 120 Å². The van der Waals surface area contributed by atoms with Gasteiger partial charge in [0.05, 0.1) is 12.1 Å². The summed E-state index contributed by atoms with van der Waals surface area (Å²) in [4.78, 5) is 4.35. The molecule has 0 N–H and O–H groups in total. The zero-order valence-electron chi connectivity index (χ0n) is 10.3. The predicted octanol–water partition coefficient (Wildman–Crippen LogP) is 3.95. The fourth-order valence-corrected chi connectivity index (χ4v) is 3.11. The van der Waals surface area contributed by atoms with E-state index in [1.807, 2.05) is 23.7 Å². The molecule has 0 spiro atoms. The molecule has 0 amide bonds. The molecule has 2 nitrogen and oxygen atoms in total. The molecule has 18 heavy (non-hydrogen) atoms. The van der Waals surface area contributed by atoms with Gasteiger partial charge in [-0.3, -0.25) is 0 Å². The van der Waals surface area contributed by atoms with E-state index >= 15 is 0 Å². The average molecular weight is 326 g/mol. The highest BCUT2D eigenvalue weighted by molar-refractivity contribution is 9.09. The number of thiazole rings is 1. The molecule has 1 atom stereocenters. The molecule has 1 aromatic carbocycles. The zero-order valence-corrected chi connectivity index (χ0v) is 12.7. The summed E-state index contributed by atoms with van der Waals surface area (Å²) < 4.78 is 5.25. The number of halogens is 1. The Kier molecular flexibility index (Phi) is 5.20. The van der Waals surface area contributed by atoms with Crippen LogP contribution in [-0.2, 0) is 12.8 Å². The van der Waals surface area contributed by atoms with Crippen LogP contribution in [0.15, 0.2) is 35.8 Å². The highest BCUT2D eigenvalue weighted by atomic mass is 79.9. The second-order valence-electron chi connectivity index (χ2n) is 4.21. The molecule has 1 aromatic heterocycles. The van der Waals surface area contributed by atoms with Gasteiger partial charge in [0, 0.05) is 23.3 Å². The highest BCUT2D eigenvalue weighted by Crippen LogP contribution is 2.20. The summed E-state index contributed by atoms with van der Waals surface area (Å²) in [7, 11) is 1.71. The fourth-order valence-electron chi connectivity index (χ4n) is 1.91. The Hall–Kier alpha value is -0.870. The van der Waals surface area contributed by atoms with Gasteiger partial charge >= 0.3 is 0 Å². The number of nitrogens with zero attached hydrogens (tertiary/aromatic N) is 1. The van der Waals surface area contributed by atoms with Crippen LogP contribution < -0.4 is 4.74 Å². The lowest BCUT2D eigenvalue weighted by atomic mass is 9.98. The predicted molar refractivity (Wildman–Crippen MR) is 79.8 cm³/mol. The van der Waals surface area contributed by atoms with Gasteiger partial charge in [0.2, 0.25) is 0 Å². The summed E-state index contributed by atoms with van der Waals surface area (Å²) >= 11 is 5.33. The zero-order chi connectivity index (χ0) is 12.8. The number of aromatic nitrogens is 1. The van der Waals surface area contributed by atoms with Crippen molar-refractivity contribution in [2.24, 2.45) is 5.92 Å². The molecule has 0 radical (unpaired) electrons. The minimum atomic E-state index is 0.572. The molecule has 0 bridgehead atoms. The maximum atomic E-state index is 5.25. The first-order chi connectivity index (χ1) is 8.81. The van der Waals surface area contributed by atoms with Crippen molar-refractivity contribution in [3.63, 3.8) is 0 Å². The summed E-state index contributed by atoms with van der Waals surface area (Å²) in [5.74, 6) is 1.50. The van der Waals surface area contributed by atoms with E-state index in [9.17, 15) is 0 Å². The molecule has 1 unspecified atom stereocenters. The van der Waals surface area contributed by atoms with Crippen LogP contribution in [0.1, 0.15) is 10.6 Å². The van der Waals surface area contributed by atoms with Crippen molar-refractivity contribution in [3.05, 3.63) is 46.4 Å². The lowest BCUT2D eigenvalue weighted by molar-refractivity contribution is 0.414. The van der Waals surface area contributed by atoms with E-state index in [0.717, 1.165) is 23.9 Å². The van der Waals surface area contributed by atoms with Gasteiger partial charge in [0.1, 0.15) is 5.75 Å². The second-order valence-corrected chi connectivity index (χ2v) is 5.83. The Morgan fingerprint density at radius 2 is 2.28 bits per heavy atom. The molecular weight excluding hydrogens is 310 g/mol. The third-order valence-electron chi connectivity index (χ3n) is 2.82. The number of hydrogen-bond acceptors (Lipinski definition) is 3. The van der Waals surface area contributed by atoms with Gasteiger partial charge in [-0.2, -0.15) is 0 Å². The SMILES string of the molecule is COc1cccc(CC(CBr)Cc2nccs2)c1. The summed E-state index contributed by atoms with van der Waals surface area (Å²) in [5.41, 5.74) is 1.32. The normalized spacial score (nSPS) is 12.3. The highest BCUT2D eigenvalue weighted by Gasteiger charge is 2.11. The van der Waals surface area contributed by atoms with E-state index in [2.05, 4.69) is 33.0 Å². The Morgan fingerprint density at radius 3 is 2.94 bits per heavy atom. The minimum Gasteiger partial charge on any atom is -0.497 e. The molecule has 2 aromatic rings. The van der Waals surface area contributed by atoms with Crippen LogP contribution in [0.25, 0.3) is 0 Å². The first-order valence-corrected chi connectivity index (χ1v) is 7.89. The first kappa shape index (κ1) is 13.6. The molecule has 96 valence electrons. The van der Waals surface area contributed by atoms with Crippen molar-refractivity contribution in [2.45, 2.75) is 12.8 Å². The molecule has 4 heteroatoms. The van der Waals surface area contributed by atoms with E-state index in [0.29, 0.717) is 5.92 Å². The Morgan fingerprint density at radius 1 is 1.39 bits per heavy atom. The molecule has 0 aliphatic heterocycles. The smallest absolute Gasteiger partial charge is 0.119 e. The van der Waals surface area contributed by atoms with E-state index in [4.69, 9.17) is 4.74 Å². The lowest BCUT2D eigenvalue weighted by Gasteiger charge is -2.13. The Balaban J connectivity index is 2.00. The van der Waals surface area contributed by atoms with Crippen molar-refractivity contribution in [2.75, 3.05) is 12.4 Å². The van der Waals surface area contributed by atoms with Gasteiger partial charge in [0.25, 0.3) is 0 Å². The third kappa shape index (κ3) is 3.82. The molecule has 0 aliphatic rings. The number of alkyl halides is 1. The maximum Gasteiger partial charge on any atom is 0.119 e. The third-order valence-corrected chi connectivity index (χ3v) is 4.54. The monoisotopic (exact) mass is 325 g/mol. The van der Waals surface area contributed by atoms with Crippen molar-refractivity contribution >= 4 is 27.3 Å². The largest absolute Gasteiger partial charge is 0.497 e. The van der Waals surface area contributed by atoms with Crippen LogP contribution in [-0.4, -0.2) is 17.4 Å². The summed E-state index contributed by atoms with van der Waals surface area (Å²) in [6.45, 7) is 0. The van der Waals surface area contributed by atoms with Crippen LogP contribution in [0.2, 0.25) is 0 Å². The van der Waals surface area contributed by atoms with E-state index in [1.165, 1.54) is 10.6 Å². The molecule has 1 heterocycles. The average Bonchev–Trinajstić information content (AvgIpc) is 2.91. The molecule has 0 saturated heterocycles. The number of rotatable bonds is 6. The number of methoxy groups -OCH3 is 1. The van der Waals surface area contributed by atoms with Crippen molar-refractivity contribution in [1.82, 2.24) is 4.98 Å². The molecule has 2 rings (SSSR count). The van der Waals surface area contributed by atoms with Crippen LogP contribution in [0.4, 0.5) is 0 Å². The number of benzene rings is 1. The topological polar surface area (TPSA) is 22.1 Å². The maximum absolute atomic E-state index is 5.25. The van der Waals surface area contributed by atoms with Gasteiger partial charge in [0.15, 0.2) is 0 Å². The van der Waals surface area contributed by atoms with Crippen molar-refractivity contribution in [3.8, 4) is 5.75 Å². The summed E-state index contributed by atoms with van der Waals surface area (Å²) in [6.07, 6.45) is 3.94. The van der Waals surface area contributed by atoms with Gasteiger partial charge in [-0.1, -0.05) is 28.1 Å². The van der Waals surface area contributed by atoms with E-state index in [-0.39, 0.29) is 0 Å². The van der Waals surface area contributed by atoms with Gasteiger partial charge in [-0.05, 0) is 30.0 Å². The molecular formula is C14H16BrNOS. The van der Waals surface area contributed by atoms with Crippen LogP contribution in [0.3, 0.4) is 0 Å². The van der Waals surface area contributed by atoms with Crippen molar-refractivity contribution in [1.29, 1.82) is 0 Å². The van der Waals surface area contributed by atoms with Gasteiger partial charge < -0.3 is 4.74 Å². The molecule has 0 fully saturated rings. The second kappa shape index (κ2) is 6.90. The van der Waals surface area contributed by atoms with Gasteiger partial charge in [-0.25, -0.2) is 4.98 Å². The standard InChI is InChI=1S/C14H16BrNOS/c1-17-13-4-2-3-11(8-13)7-12(10-15)9-14-16-5-6-18-14/h2-6,8,12H,7,9-10H2,1H3. The van der Waals surface area contributed by atoms with Crippen LogP contribution in [0.5, 0.6) is 5.75 Å². The van der Waals surface area contributed by atoms with Crippen LogP contribution in [0, 0.1) is 5.92 Å². The number of hydrogen-bond donors (Lipinski definition) is 0. The Bertz CT molecular complexity index is 472. The number of ether oxygens (including phenoxy) is 1.